The highest BCUT2D eigenvalue weighted by atomic mass is 16.5. The van der Waals surface area contributed by atoms with E-state index in [1.54, 1.807) is 24.3 Å². The number of amides is 1. The molecule has 0 atom stereocenters. The molecular formula is C23H19N3O3. The minimum atomic E-state index is -0.280. The van der Waals surface area contributed by atoms with Crippen LogP contribution in [0.1, 0.15) is 11.1 Å². The summed E-state index contributed by atoms with van der Waals surface area (Å²) < 4.78 is 5.81. The Morgan fingerprint density at radius 2 is 1.76 bits per heavy atom. The van der Waals surface area contributed by atoms with Crippen molar-refractivity contribution in [2.75, 3.05) is 5.32 Å². The summed E-state index contributed by atoms with van der Waals surface area (Å²) in [6, 6.07) is 22.6. The van der Waals surface area contributed by atoms with Crippen LogP contribution in [0.2, 0.25) is 0 Å². The van der Waals surface area contributed by atoms with Crippen LogP contribution in [0.25, 0.3) is 17.1 Å². The van der Waals surface area contributed by atoms with Gasteiger partial charge in [0.25, 0.3) is 0 Å². The lowest BCUT2D eigenvalue weighted by Crippen LogP contribution is -2.07. The van der Waals surface area contributed by atoms with Crippen molar-refractivity contribution in [3.05, 3.63) is 100 Å². The van der Waals surface area contributed by atoms with Gasteiger partial charge in [0.2, 0.25) is 5.91 Å². The fourth-order valence-electron chi connectivity index (χ4n) is 2.92. The molecule has 1 heterocycles. The second kappa shape index (κ2) is 8.31. The molecule has 1 amide bonds. The second-order valence-corrected chi connectivity index (χ2v) is 6.51. The molecule has 0 fully saturated rings. The van der Waals surface area contributed by atoms with Gasteiger partial charge in [0.15, 0.2) is 0 Å². The van der Waals surface area contributed by atoms with Crippen molar-refractivity contribution in [1.82, 2.24) is 9.97 Å². The monoisotopic (exact) mass is 385 g/mol. The highest BCUT2D eigenvalue weighted by molar-refractivity contribution is 6.02. The van der Waals surface area contributed by atoms with E-state index in [0.29, 0.717) is 23.3 Å². The number of carbonyl (C=O) groups is 1. The molecule has 0 saturated carbocycles. The number of rotatable bonds is 6. The number of imidazole rings is 1. The van der Waals surface area contributed by atoms with Gasteiger partial charge in [-0.25, -0.2) is 4.79 Å². The number of aromatic nitrogens is 2. The summed E-state index contributed by atoms with van der Waals surface area (Å²) in [5.41, 5.74) is 3.60. The van der Waals surface area contributed by atoms with Gasteiger partial charge in [0.1, 0.15) is 12.4 Å². The van der Waals surface area contributed by atoms with Crippen LogP contribution < -0.4 is 15.7 Å². The smallest absolute Gasteiger partial charge is 0.323 e. The maximum absolute atomic E-state index is 12.2. The van der Waals surface area contributed by atoms with Crippen LogP contribution in [0, 0.1) is 0 Å². The molecule has 6 heteroatoms. The SMILES string of the molecule is O=C(C=Cc1cccc(OCc2ccccc2)c1)Nc1ccc2[nH]c(=O)[nH]c2c1. The van der Waals surface area contributed by atoms with Crippen LogP contribution in [0.3, 0.4) is 0 Å². The lowest BCUT2D eigenvalue weighted by Gasteiger charge is -2.07. The minimum Gasteiger partial charge on any atom is -0.489 e. The zero-order valence-corrected chi connectivity index (χ0v) is 15.5. The van der Waals surface area contributed by atoms with Crippen LogP contribution >= 0.6 is 0 Å². The van der Waals surface area contributed by atoms with Gasteiger partial charge in [-0.05, 0) is 47.5 Å². The van der Waals surface area contributed by atoms with Gasteiger partial charge in [0.05, 0.1) is 11.0 Å². The van der Waals surface area contributed by atoms with Gasteiger partial charge >= 0.3 is 5.69 Å². The number of hydrogen-bond donors (Lipinski definition) is 3. The second-order valence-electron chi connectivity index (χ2n) is 6.51. The normalized spacial score (nSPS) is 11.0. The molecule has 3 aromatic carbocycles. The molecule has 1 aromatic heterocycles. The predicted molar refractivity (Wildman–Crippen MR) is 114 cm³/mol. The summed E-state index contributed by atoms with van der Waals surface area (Å²) in [7, 11) is 0. The predicted octanol–water partition coefficient (Wildman–Crippen LogP) is 4.09. The van der Waals surface area contributed by atoms with Gasteiger partial charge in [-0.3, -0.25) is 4.79 Å². The molecule has 0 radical (unpaired) electrons. The summed E-state index contributed by atoms with van der Waals surface area (Å²) >= 11 is 0. The zero-order chi connectivity index (χ0) is 20.1. The maximum Gasteiger partial charge on any atom is 0.323 e. The molecule has 3 N–H and O–H groups in total. The van der Waals surface area contributed by atoms with E-state index in [9.17, 15) is 9.59 Å². The highest BCUT2D eigenvalue weighted by Crippen LogP contribution is 2.17. The molecule has 0 aliphatic carbocycles. The first-order valence-electron chi connectivity index (χ1n) is 9.14. The fraction of sp³-hybridized carbons (Fsp3) is 0.0435. The fourth-order valence-corrected chi connectivity index (χ4v) is 2.92. The average Bonchev–Trinajstić information content (AvgIpc) is 3.11. The van der Waals surface area contributed by atoms with Crippen LogP contribution in [-0.4, -0.2) is 15.9 Å². The topological polar surface area (TPSA) is 87.0 Å². The number of anilines is 1. The summed E-state index contributed by atoms with van der Waals surface area (Å²) in [5.74, 6) is 0.469. The van der Waals surface area contributed by atoms with E-state index >= 15 is 0 Å². The van der Waals surface area contributed by atoms with E-state index in [1.807, 2.05) is 54.6 Å². The van der Waals surface area contributed by atoms with Crippen LogP contribution in [-0.2, 0) is 11.4 Å². The molecule has 0 aliphatic heterocycles. The first kappa shape index (κ1) is 18.3. The van der Waals surface area contributed by atoms with Crippen LogP contribution in [0.5, 0.6) is 5.75 Å². The van der Waals surface area contributed by atoms with Crippen molar-refractivity contribution >= 4 is 28.7 Å². The number of nitrogens with one attached hydrogen (secondary N) is 3. The van der Waals surface area contributed by atoms with E-state index in [-0.39, 0.29) is 11.6 Å². The number of aromatic amines is 2. The van der Waals surface area contributed by atoms with E-state index < -0.39 is 0 Å². The van der Waals surface area contributed by atoms with Crippen molar-refractivity contribution < 1.29 is 9.53 Å². The number of fused-ring (bicyclic) bond motifs is 1. The lowest BCUT2D eigenvalue weighted by molar-refractivity contribution is -0.111. The number of benzene rings is 3. The van der Waals surface area contributed by atoms with Crippen molar-refractivity contribution in [3.8, 4) is 5.75 Å². The van der Waals surface area contributed by atoms with Crippen molar-refractivity contribution in [2.45, 2.75) is 6.61 Å². The first-order chi connectivity index (χ1) is 14.2. The third-order valence-corrected chi connectivity index (χ3v) is 4.32. The van der Waals surface area contributed by atoms with Crippen molar-refractivity contribution in [3.63, 3.8) is 0 Å². The molecule has 0 aliphatic rings. The van der Waals surface area contributed by atoms with Crippen molar-refractivity contribution in [1.29, 1.82) is 0 Å². The van der Waals surface area contributed by atoms with Gasteiger partial charge in [0, 0.05) is 11.8 Å². The summed E-state index contributed by atoms with van der Waals surface area (Å²) in [6.07, 6.45) is 3.18. The lowest BCUT2D eigenvalue weighted by atomic mass is 10.2. The van der Waals surface area contributed by atoms with Gasteiger partial charge in [-0.2, -0.15) is 0 Å². The minimum absolute atomic E-state index is 0.266. The third kappa shape index (κ3) is 4.81. The van der Waals surface area contributed by atoms with Crippen molar-refractivity contribution in [2.24, 2.45) is 0 Å². The Balaban J connectivity index is 1.38. The van der Waals surface area contributed by atoms with E-state index in [4.69, 9.17) is 4.74 Å². The molecule has 0 saturated heterocycles. The number of carbonyl (C=O) groups excluding carboxylic acids is 1. The summed E-state index contributed by atoms with van der Waals surface area (Å²) in [4.78, 5) is 28.9. The number of H-pyrrole nitrogens is 2. The Bertz CT molecular complexity index is 1220. The number of hydrogen-bond acceptors (Lipinski definition) is 3. The molecule has 4 rings (SSSR count). The quantitative estimate of drug-likeness (QED) is 0.437. The molecular weight excluding hydrogens is 366 g/mol. The standard InChI is InChI=1S/C23H19N3O3/c27-22(24-18-10-11-20-21(14-18)26-23(28)25-20)12-9-16-7-4-8-19(13-16)29-15-17-5-2-1-3-6-17/h1-14H,15H2,(H,24,27)(H2,25,26,28). The molecule has 0 spiro atoms. The van der Waals surface area contributed by atoms with Crippen LogP contribution in [0.15, 0.2) is 83.7 Å². The highest BCUT2D eigenvalue weighted by Gasteiger charge is 2.03. The molecule has 6 nitrogen and oxygen atoms in total. The first-order valence-corrected chi connectivity index (χ1v) is 9.14. The molecule has 0 bridgehead atoms. The molecule has 144 valence electrons. The van der Waals surface area contributed by atoms with E-state index in [1.165, 1.54) is 6.08 Å². The van der Waals surface area contributed by atoms with E-state index in [0.717, 1.165) is 16.9 Å². The molecule has 4 aromatic rings. The molecule has 0 unspecified atom stereocenters. The average molecular weight is 385 g/mol. The van der Waals surface area contributed by atoms with Gasteiger partial charge in [-0.1, -0.05) is 42.5 Å². The Hall–Kier alpha value is -4.06. The summed E-state index contributed by atoms with van der Waals surface area (Å²) in [5, 5.41) is 2.78. The van der Waals surface area contributed by atoms with E-state index in [2.05, 4.69) is 15.3 Å². The largest absolute Gasteiger partial charge is 0.489 e. The zero-order valence-electron chi connectivity index (χ0n) is 15.5. The number of ether oxygens (including phenoxy) is 1. The Morgan fingerprint density at radius 1 is 0.931 bits per heavy atom. The molecule has 29 heavy (non-hydrogen) atoms. The summed E-state index contributed by atoms with van der Waals surface area (Å²) in [6.45, 7) is 0.484. The Morgan fingerprint density at radius 3 is 2.62 bits per heavy atom. The third-order valence-electron chi connectivity index (χ3n) is 4.32. The van der Waals surface area contributed by atoms with Crippen LogP contribution in [0.4, 0.5) is 5.69 Å². The Kier molecular flexibility index (Phi) is 5.25. The maximum atomic E-state index is 12.2. The Labute approximate surface area is 166 Å². The van der Waals surface area contributed by atoms with Gasteiger partial charge in [-0.15, -0.1) is 0 Å². The van der Waals surface area contributed by atoms with Gasteiger partial charge < -0.3 is 20.0 Å².